The molecule has 0 aliphatic rings. The van der Waals surface area contributed by atoms with Gasteiger partial charge in [0.25, 0.3) is 0 Å². The molecule has 7 nitrogen and oxygen atoms in total. The van der Waals surface area contributed by atoms with E-state index in [4.69, 9.17) is 4.42 Å². The Morgan fingerprint density at radius 3 is 2.81 bits per heavy atom. The number of halogens is 1. The number of aromatic nitrogens is 3. The maximum absolute atomic E-state index is 5.83. The van der Waals surface area contributed by atoms with Gasteiger partial charge in [0.15, 0.2) is 17.4 Å². The number of nitrogens with zero attached hydrogens (tertiary/aromatic N) is 4. The molecule has 27 heavy (non-hydrogen) atoms. The van der Waals surface area contributed by atoms with Crippen LogP contribution in [-0.4, -0.2) is 27.1 Å². The molecule has 3 aromatic heterocycles. The third-order valence-corrected chi connectivity index (χ3v) is 4.01. The quantitative estimate of drug-likeness (QED) is 0.263. The number of benzene rings is 1. The number of rotatable bonds is 5. The Bertz CT molecular complexity index is 1020. The molecule has 0 radical (unpaired) electrons. The number of pyridine rings is 1. The molecule has 0 saturated carbocycles. The number of nitrogens with one attached hydrogen (secondary N) is 2. The van der Waals surface area contributed by atoms with Gasteiger partial charge >= 0.3 is 0 Å². The molecule has 0 bridgehead atoms. The maximum Gasteiger partial charge on any atom is 0.192 e. The molecule has 0 spiro atoms. The number of hydrogen-bond acceptors (Lipinski definition) is 4. The average Bonchev–Trinajstić information content (AvgIpc) is 3.27. The largest absolute Gasteiger partial charge is 0.459 e. The molecule has 4 aromatic rings. The normalized spacial score (nSPS) is 11.5. The van der Waals surface area contributed by atoms with Crippen molar-refractivity contribution in [3.8, 4) is 0 Å². The van der Waals surface area contributed by atoms with Crippen molar-refractivity contribution in [2.45, 2.75) is 20.0 Å². The first-order chi connectivity index (χ1) is 12.8. The molecular weight excluding hydrogens is 455 g/mol. The number of guanidine groups is 1. The lowest BCUT2D eigenvalue weighted by Crippen LogP contribution is -2.36. The molecule has 0 unspecified atom stereocenters. The van der Waals surface area contributed by atoms with Crippen LogP contribution in [0.1, 0.15) is 18.5 Å². The molecule has 0 aliphatic heterocycles. The molecule has 0 atom stereocenters. The lowest BCUT2D eigenvalue weighted by molar-refractivity contribution is 0.538. The lowest BCUT2D eigenvalue weighted by atomic mass is 10.2. The second-order valence-corrected chi connectivity index (χ2v) is 5.84. The monoisotopic (exact) mass is 476 g/mol. The Labute approximate surface area is 173 Å². The van der Waals surface area contributed by atoms with E-state index in [9.17, 15) is 0 Å². The van der Waals surface area contributed by atoms with E-state index >= 15 is 0 Å². The highest BCUT2D eigenvalue weighted by molar-refractivity contribution is 14.0. The molecule has 0 fully saturated rings. The predicted molar refractivity (Wildman–Crippen MR) is 116 cm³/mol. The number of hydrogen-bond donors (Lipinski definition) is 2. The van der Waals surface area contributed by atoms with Gasteiger partial charge in [0.05, 0.1) is 6.54 Å². The standard InChI is InChI=1S/C19H20N6O.HI/c1-2-20-19(21-12-15-11-14-7-3-4-8-16(14)26-15)22-13-18-24-23-17-9-5-6-10-25(17)18;/h3-11H,2,12-13H2,1H3,(H2,20,21,22);1H. The summed E-state index contributed by atoms with van der Waals surface area (Å²) in [6.07, 6.45) is 1.94. The minimum absolute atomic E-state index is 0. The molecule has 2 N–H and O–H groups in total. The average molecular weight is 476 g/mol. The first kappa shape index (κ1) is 19.2. The molecule has 8 heteroatoms. The van der Waals surface area contributed by atoms with E-state index < -0.39 is 0 Å². The summed E-state index contributed by atoms with van der Waals surface area (Å²) < 4.78 is 7.77. The number of furan rings is 1. The van der Waals surface area contributed by atoms with Crippen molar-refractivity contribution in [1.29, 1.82) is 0 Å². The van der Waals surface area contributed by atoms with Crippen molar-refractivity contribution in [1.82, 2.24) is 25.2 Å². The van der Waals surface area contributed by atoms with Gasteiger partial charge in [-0.15, -0.1) is 34.2 Å². The SMILES string of the molecule is CCNC(=NCc1nnc2ccccn12)NCc1cc2ccccc2o1.I. The summed E-state index contributed by atoms with van der Waals surface area (Å²) in [7, 11) is 0. The van der Waals surface area contributed by atoms with Crippen LogP contribution in [0.3, 0.4) is 0 Å². The van der Waals surface area contributed by atoms with Gasteiger partial charge in [0.2, 0.25) is 0 Å². The predicted octanol–water partition coefficient (Wildman–Crippen LogP) is 3.35. The molecule has 0 saturated heterocycles. The van der Waals surface area contributed by atoms with Gasteiger partial charge in [-0.1, -0.05) is 24.3 Å². The summed E-state index contributed by atoms with van der Waals surface area (Å²) in [5, 5.41) is 16.0. The second kappa shape index (κ2) is 8.85. The maximum atomic E-state index is 5.83. The smallest absolute Gasteiger partial charge is 0.192 e. The third-order valence-electron chi connectivity index (χ3n) is 4.01. The van der Waals surface area contributed by atoms with E-state index in [2.05, 4.69) is 25.8 Å². The Balaban J connectivity index is 0.00000210. The highest BCUT2D eigenvalue weighted by Gasteiger charge is 2.06. The van der Waals surface area contributed by atoms with Crippen LogP contribution in [0.5, 0.6) is 0 Å². The summed E-state index contributed by atoms with van der Waals surface area (Å²) in [6, 6.07) is 15.8. The van der Waals surface area contributed by atoms with E-state index in [0.29, 0.717) is 19.0 Å². The molecular formula is C19H21IN6O. The highest BCUT2D eigenvalue weighted by Crippen LogP contribution is 2.18. The fourth-order valence-electron chi connectivity index (χ4n) is 2.79. The van der Waals surface area contributed by atoms with Crippen LogP contribution in [0, 0.1) is 0 Å². The van der Waals surface area contributed by atoms with E-state index in [1.54, 1.807) is 0 Å². The minimum Gasteiger partial charge on any atom is -0.459 e. The van der Waals surface area contributed by atoms with Gasteiger partial charge in [-0.3, -0.25) is 4.40 Å². The summed E-state index contributed by atoms with van der Waals surface area (Å²) >= 11 is 0. The van der Waals surface area contributed by atoms with Crippen LogP contribution in [0.2, 0.25) is 0 Å². The summed E-state index contributed by atoms with van der Waals surface area (Å²) in [6.45, 7) is 3.79. The van der Waals surface area contributed by atoms with E-state index in [0.717, 1.165) is 34.7 Å². The van der Waals surface area contributed by atoms with Crippen LogP contribution < -0.4 is 10.6 Å². The Morgan fingerprint density at radius 2 is 1.96 bits per heavy atom. The lowest BCUT2D eigenvalue weighted by Gasteiger charge is -2.09. The van der Waals surface area contributed by atoms with Gasteiger partial charge in [-0.25, -0.2) is 4.99 Å². The third kappa shape index (κ3) is 4.38. The van der Waals surface area contributed by atoms with Crippen molar-refractivity contribution < 1.29 is 4.42 Å². The van der Waals surface area contributed by atoms with Gasteiger partial charge in [0, 0.05) is 18.1 Å². The minimum atomic E-state index is 0. The highest BCUT2D eigenvalue weighted by atomic mass is 127. The van der Waals surface area contributed by atoms with Crippen molar-refractivity contribution in [3.05, 3.63) is 66.3 Å². The van der Waals surface area contributed by atoms with Crippen LogP contribution in [0.25, 0.3) is 16.6 Å². The Kier molecular flexibility index (Phi) is 6.28. The zero-order valence-electron chi connectivity index (χ0n) is 14.9. The van der Waals surface area contributed by atoms with Crippen molar-refractivity contribution in [2.75, 3.05) is 6.54 Å². The summed E-state index contributed by atoms with van der Waals surface area (Å²) in [4.78, 5) is 4.60. The molecule has 4 rings (SSSR count). The van der Waals surface area contributed by atoms with Crippen LogP contribution in [0.15, 0.2) is 64.1 Å². The number of fused-ring (bicyclic) bond motifs is 2. The molecule has 0 aliphatic carbocycles. The van der Waals surface area contributed by atoms with Gasteiger partial charge in [0.1, 0.15) is 17.9 Å². The number of para-hydroxylation sites is 1. The molecule has 0 amide bonds. The van der Waals surface area contributed by atoms with Crippen molar-refractivity contribution in [2.24, 2.45) is 4.99 Å². The van der Waals surface area contributed by atoms with Gasteiger partial charge in [-0.05, 0) is 31.2 Å². The van der Waals surface area contributed by atoms with Gasteiger partial charge < -0.3 is 15.1 Å². The summed E-state index contributed by atoms with van der Waals surface area (Å²) in [5.74, 6) is 2.37. The molecule has 1 aromatic carbocycles. The Hall–Kier alpha value is -2.62. The summed E-state index contributed by atoms with van der Waals surface area (Å²) in [5.41, 5.74) is 1.71. The van der Waals surface area contributed by atoms with Crippen LogP contribution in [0.4, 0.5) is 0 Å². The van der Waals surface area contributed by atoms with E-state index in [1.807, 2.05) is 66.1 Å². The fraction of sp³-hybridized carbons (Fsp3) is 0.211. The van der Waals surface area contributed by atoms with Crippen molar-refractivity contribution in [3.63, 3.8) is 0 Å². The van der Waals surface area contributed by atoms with Crippen molar-refractivity contribution >= 4 is 46.6 Å². The zero-order chi connectivity index (χ0) is 17.8. The topological polar surface area (TPSA) is 79.8 Å². The fourth-order valence-corrected chi connectivity index (χ4v) is 2.79. The zero-order valence-corrected chi connectivity index (χ0v) is 17.3. The first-order valence-electron chi connectivity index (χ1n) is 8.62. The van der Waals surface area contributed by atoms with Crippen LogP contribution >= 0.6 is 24.0 Å². The number of aliphatic imine (C=N–C) groups is 1. The van der Waals surface area contributed by atoms with Crippen LogP contribution in [-0.2, 0) is 13.1 Å². The second-order valence-electron chi connectivity index (χ2n) is 5.84. The van der Waals surface area contributed by atoms with Gasteiger partial charge in [-0.2, -0.15) is 0 Å². The first-order valence-corrected chi connectivity index (χ1v) is 8.62. The molecule has 140 valence electrons. The van der Waals surface area contributed by atoms with E-state index in [1.165, 1.54) is 0 Å². The van der Waals surface area contributed by atoms with E-state index in [-0.39, 0.29) is 24.0 Å². The molecule has 3 heterocycles. The Morgan fingerprint density at radius 1 is 1.11 bits per heavy atom.